The molecule has 20 heavy (non-hydrogen) atoms. The highest BCUT2D eigenvalue weighted by Gasteiger charge is 2.09. The molecule has 102 valence electrons. The van der Waals surface area contributed by atoms with Gasteiger partial charge in [0.1, 0.15) is 5.82 Å². The van der Waals surface area contributed by atoms with Gasteiger partial charge < -0.3 is 5.73 Å². The third-order valence-corrected chi connectivity index (χ3v) is 4.72. The van der Waals surface area contributed by atoms with Crippen molar-refractivity contribution in [1.29, 1.82) is 0 Å². The van der Waals surface area contributed by atoms with E-state index in [4.69, 9.17) is 17.3 Å². The largest absolute Gasteiger partial charge is 0.375 e. The van der Waals surface area contributed by atoms with E-state index in [0.717, 1.165) is 25.8 Å². The van der Waals surface area contributed by atoms with Crippen molar-refractivity contribution in [2.24, 2.45) is 0 Å². The first kappa shape index (κ1) is 13.8. The van der Waals surface area contributed by atoms with Crippen LogP contribution in [-0.2, 0) is 6.42 Å². The first-order chi connectivity index (χ1) is 9.52. The topological polar surface area (TPSA) is 38.9 Å². The van der Waals surface area contributed by atoms with Gasteiger partial charge in [-0.1, -0.05) is 29.0 Å². The van der Waals surface area contributed by atoms with Gasteiger partial charge in [-0.3, -0.25) is 0 Å². The van der Waals surface area contributed by atoms with E-state index >= 15 is 0 Å². The zero-order chi connectivity index (χ0) is 14.3. The molecule has 0 amide bonds. The van der Waals surface area contributed by atoms with Gasteiger partial charge in [0.2, 0.25) is 0 Å². The third-order valence-electron chi connectivity index (χ3n) is 2.93. The second kappa shape index (κ2) is 5.31. The van der Waals surface area contributed by atoms with Crippen LogP contribution >= 0.6 is 38.9 Å². The van der Waals surface area contributed by atoms with E-state index < -0.39 is 0 Å². The normalized spacial score (nSPS) is 11.2. The summed E-state index contributed by atoms with van der Waals surface area (Å²) in [5, 5.41) is 0.975. The van der Waals surface area contributed by atoms with Crippen LogP contribution < -0.4 is 5.73 Å². The smallest absolute Gasteiger partial charge is 0.181 e. The fourth-order valence-electron chi connectivity index (χ4n) is 2.05. The Morgan fingerprint density at radius 1 is 1.30 bits per heavy atom. The van der Waals surface area contributed by atoms with Gasteiger partial charge in [0.15, 0.2) is 5.13 Å². The SMILES string of the molecule is Nc1nc2c(Br)cc(Cc3ccc(F)cc3Cl)cc2s1. The van der Waals surface area contributed by atoms with Crippen LogP contribution in [0.5, 0.6) is 0 Å². The molecular weight excluding hydrogens is 363 g/mol. The van der Waals surface area contributed by atoms with Crippen LogP contribution in [-0.4, -0.2) is 4.98 Å². The Labute approximate surface area is 132 Å². The van der Waals surface area contributed by atoms with E-state index in [1.54, 1.807) is 6.07 Å². The number of hydrogen-bond donors (Lipinski definition) is 1. The first-order valence-corrected chi connectivity index (χ1v) is 7.80. The van der Waals surface area contributed by atoms with Crippen LogP contribution in [0.1, 0.15) is 11.1 Å². The fraction of sp³-hybridized carbons (Fsp3) is 0.0714. The van der Waals surface area contributed by atoms with Crippen LogP contribution in [0.2, 0.25) is 5.02 Å². The summed E-state index contributed by atoms with van der Waals surface area (Å²) in [6.45, 7) is 0. The minimum Gasteiger partial charge on any atom is -0.375 e. The maximum atomic E-state index is 13.0. The van der Waals surface area contributed by atoms with Gasteiger partial charge in [-0.2, -0.15) is 0 Å². The average molecular weight is 372 g/mol. The molecule has 1 heterocycles. The van der Waals surface area contributed by atoms with Crippen LogP contribution in [0.15, 0.2) is 34.8 Å². The van der Waals surface area contributed by atoms with Crippen LogP contribution in [0, 0.1) is 5.82 Å². The average Bonchev–Trinajstić information content (AvgIpc) is 2.74. The monoisotopic (exact) mass is 370 g/mol. The summed E-state index contributed by atoms with van der Waals surface area (Å²) < 4.78 is 15.0. The molecule has 0 radical (unpaired) electrons. The zero-order valence-corrected chi connectivity index (χ0v) is 13.3. The van der Waals surface area contributed by atoms with E-state index in [1.165, 1.54) is 23.5 Å². The lowest BCUT2D eigenvalue weighted by Crippen LogP contribution is -1.91. The van der Waals surface area contributed by atoms with Gasteiger partial charge in [0.25, 0.3) is 0 Å². The molecule has 0 unspecified atom stereocenters. The molecule has 0 aliphatic rings. The number of thiazole rings is 1. The van der Waals surface area contributed by atoms with Gasteiger partial charge in [-0.05, 0) is 57.7 Å². The predicted molar refractivity (Wildman–Crippen MR) is 85.9 cm³/mol. The third kappa shape index (κ3) is 2.66. The van der Waals surface area contributed by atoms with Gasteiger partial charge in [-0.15, -0.1) is 0 Å². The molecule has 0 bridgehead atoms. The summed E-state index contributed by atoms with van der Waals surface area (Å²) in [5.74, 6) is -0.328. The molecule has 3 aromatic rings. The van der Waals surface area contributed by atoms with Gasteiger partial charge in [0.05, 0.1) is 10.2 Å². The van der Waals surface area contributed by atoms with Crippen molar-refractivity contribution in [1.82, 2.24) is 4.98 Å². The Morgan fingerprint density at radius 3 is 2.85 bits per heavy atom. The lowest BCUT2D eigenvalue weighted by atomic mass is 10.0. The number of rotatable bonds is 2. The van der Waals surface area contributed by atoms with Crippen molar-refractivity contribution in [2.45, 2.75) is 6.42 Å². The van der Waals surface area contributed by atoms with E-state index in [-0.39, 0.29) is 5.82 Å². The summed E-state index contributed by atoms with van der Waals surface area (Å²) >= 11 is 11.0. The van der Waals surface area contributed by atoms with Crippen molar-refractivity contribution < 1.29 is 4.39 Å². The summed E-state index contributed by atoms with van der Waals surface area (Å²) in [5.41, 5.74) is 8.55. The molecule has 0 fully saturated rings. The second-order valence-electron chi connectivity index (χ2n) is 4.39. The minimum absolute atomic E-state index is 0.328. The lowest BCUT2D eigenvalue weighted by Gasteiger charge is -2.06. The molecule has 0 saturated heterocycles. The molecule has 1 aromatic heterocycles. The predicted octanol–water partition coefficient (Wildman–Crippen LogP) is 5.02. The highest BCUT2D eigenvalue weighted by molar-refractivity contribution is 9.10. The standard InChI is InChI=1S/C14H9BrClFN2S/c15-10-4-7(5-12-13(10)19-14(18)20-12)3-8-1-2-9(17)6-11(8)16/h1-2,4-6H,3H2,(H2,18,19). The summed E-state index contributed by atoms with van der Waals surface area (Å²) in [7, 11) is 0. The quantitative estimate of drug-likeness (QED) is 0.686. The van der Waals surface area contributed by atoms with Crippen LogP contribution in [0.25, 0.3) is 10.2 Å². The summed E-state index contributed by atoms with van der Waals surface area (Å²) in [6.07, 6.45) is 0.630. The van der Waals surface area contributed by atoms with Crippen molar-refractivity contribution in [3.63, 3.8) is 0 Å². The van der Waals surface area contributed by atoms with E-state index in [1.807, 2.05) is 12.1 Å². The summed E-state index contributed by atoms with van der Waals surface area (Å²) in [6, 6.07) is 8.47. The molecule has 3 rings (SSSR count). The Balaban J connectivity index is 2.02. The minimum atomic E-state index is -0.328. The fourth-order valence-corrected chi connectivity index (χ4v) is 3.83. The van der Waals surface area contributed by atoms with E-state index in [9.17, 15) is 4.39 Å². The Morgan fingerprint density at radius 2 is 2.10 bits per heavy atom. The molecule has 0 spiro atoms. The Hall–Kier alpha value is -1.17. The molecule has 2 N–H and O–H groups in total. The van der Waals surface area contributed by atoms with E-state index in [0.29, 0.717) is 16.6 Å². The number of fused-ring (bicyclic) bond motifs is 1. The van der Waals surface area contributed by atoms with Crippen LogP contribution in [0.4, 0.5) is 9.52 Å². The molecule has 2 nitrogen and oxygen atoms in total. The lowest BCUT2D eigenvalue weighted by molar-refractivity contribution is 0.627. The number of benzene rings is 2. The van der Waals surface area contributed by atoms with Gasteiger partial charge in [-0.25, -0.2) is 9.37 Å². The molecule has 0 aliphatic carbocycles. The highest BCUT2D eigenvalue weighted by atomic mass is 79.9. The maximum absolute atomic E-state index is 13.0. The molecule has 2 aromatic carbocycles. The van der Waals surface area contributed by atoms with E-state index in [2.05, 4.69) is 20.9 Å². The molecular formula is C14H9BrClFN2S. The number of nitrogens with two attached hydrogens (primary N) is 1. The van der Waals surface area contributed by atoms with Crippen molar-refractivity contribution in [2.75, 3.05) is 5.73 Å². The maximum Gasteiger partial charge on any atom is 0.181 e. The number of aromatic nitrogens is 1. The van der Waals surface area contributed by atoms with Gasteiger partial charge in [0, 0.05) is 9.50 Å². The Kier molecular flexibility index (Phi) is 3.67. The van der Waals surface area contributed by atoms with Gasteiger partial charge >= 0.3 is 0 Å². The van der Waals surface area contributed by atoms with Crippen molar-refractivity contribution in [3.8, 4) is 0 Å². The molecule has 6 heteroatoms. The number of nitrogens with zero attached hydrogens (tertiary/aromatic N) is 1. The number of anilines is 1. The second-order valence-corrected chi connectivity index (χ2v) is 6.71. The number of halogens is 3. The van der Waals surface area contributed by atoms with Crippen molar-refractivity contribution in [3.05, 3.63) is 56.8 Å². The Bertz CT molecular complexity index is 803. The number of nitrogen functional groups attached to an aromatic ring is 1. The van der Waals surface area contributed by atoms with Crippen molar-refractivity contribution >= 4 is 54.2 Å². The highest BCUT2D eigenvalue weighted by Crippen LogP contribution is 2.32. The van der Waals surface area contributed by atoms with Crippen LogP contribution in [0.3, 0.4) is 0 Å². The first-order valence-electron chi connectivity index (χ1n) is 5.81. The molecule has 0 aliphatic heterocycles. The zero-order valence-electron chi connectivity index (χ0n) is 10.2. The molecule has 0 atom stereocenters. The molecule has 0 saturated carbocycles. The summed E-state index contributed by atoms with van der Waals surface area (Å²) in [4.78, 5) is 4.26. The number of hydrogen-bond acceptors (Lipinski definition) is 3.